The summed E-state index contributed by atoms with van der Waals surface area (Å²) in [5, 5.41) is 14.1. The number of anilines is 1. The first-order valence-corrected chi connectivity index (χ1v) is 11.0. The maximum absolute atomic E-state index is 13.5. The van der Waals surface area contributed by atoms with Crippen molar-refractivity contribution in [3.8, 4) is 22.6 Å². The van der Waals surface area contributed by atoms with Crippen molar-refractivity contribution in [2.24, 2.45) is 7.05 Å². The van der Waals surface area contributed by atoms with E-state index >= 15 is 0 Å². The number of thiazole rings is 1. The molecule has 4 aromatic rings. The minimum absolute atomic E-state index is 0.161. The smallest absolute Gasteiger partial charge is 0.236 e. The molecule has 0 fully saturated rings. The van der Waals surface area contributed by atoms with Crippen molar-refractivity contribution in [1.29, 1.82) is 0 Å². The van der Waals surface area contributed by atoms with E-state index in [1.54, 1.807) is 23.7 Å². The molecule has 2 aromatic heterocycles. The molecule has 0 bridgehead atoms. The van der Waals surface area contributed by atoms with Crippen LogP contribution in [0.2, 0.25) is 0 Å². The molecule has 2 heterocycles. The fourth-order valence-corrected chi connectivity index (χ4v) is 4.24. The highest BCUT2D eigenvalue weighted by Crippen LogP contribution is 2.26. The number of halogens is 1. The van der Waals surface area contributed by atoms with Gasteiger partial charge in [0.2, 0.25) is 5.91 Å². The number of hydrogen-bond acceptors (Lipinski definition) is 6. The summed E-state index contributed by atoms with van der Waals surface area (Å²) in [5.41, 5.74) is 3.66. The predicted molar refractivity (Wildman–Crippen MR) is 118 cm³/mol. The largest absolute Gasteiger partial charge is 0.305 e. The molecule has 1 N–H and O–H groups in total. The number of aryl methyl sites for hydroxylation is 1. The molecule has 0 unspecified atom stereocenters. The van der Waals surface area contributed by atoms with Crippen LogP contribution in [0.5, 0.6) is 0 Å². The summed E-state index contributed by atoms with van der Waals surface area (Å²) in [7, 11) is 1.79. The third kappa shape index (κ3) is 4.58. The molecule has 152 valence electrons. The fourth-order valence-electron chi connectivity index (χ4n) is 2.79. The molecule has 0 saturated carbocycles. The van der Waals surface area contributed by atoms with Gasteiger partial charge in [-0.2, -0.15) is 0 Å². The van der Waals surface area contributed by atoms with Crippen molar-refractivity contribution in [3.63, 3.8) is 0 Å². The predicted octanol–water partition coefficient (Wildman–Crippen LogP) is 4.78. The minimum Gasteiger partial charge on any atom is -0.305 e. The average molecular weight is 440 g/mol. The van der Waals surface area contributed by atoms with Crippen LogP contribution in [-0.2, 0) is 11.8 Å². The van der Waals surface area contributed by atoms with Crippen LogP contribution in [0.3, 0.4) is 0 Å². The van der Waals surface area contributed by atoms with E-state index < -0.39 is 0 Å². The summed E-state index contributed by atoms with van der Waals surface area (Å²) in [4.78, 5) is 16.8. The number of nitrogens with one attached hydrogen (secondary N) is 1. The van der Waals surface area contributed by atoms with Crippen LogP contribution in [0.1, 0.15) is 5.56 Å². The van der Waals surface area contributed by atoms with E-state index in [0.29, 0.717) is 21.7 Å². The number of hydrogen-bond donors (Lipinski definition) is 1. The van der Waals surface area contributed by atoms with Crippen LogP contribution in [0, 0.1) is 12.7 Å². The molecule has 4 rings (SSSR count). The maximum Gasteiger partial charge on any atom is 0.236 e. The summed E-state index contributed by atoms with van der Waals surface area (Å²) in [6.07, 6.45) is 0. The quantitative estimate of drug-likeness (QED) is 0.438. The molecule has 9 heteroatoms. The van der Waals surface area contributed by atoms with Gasteiger partial charge in [-0.1, -0.05) is 53.7 Å². The second-order valence-corrected chi connectivity index (χ2v) is 8.42. The van der Waals surface area contributed by atoms with Crippen LogP contribution < -0.4 is 5.32 Å². The monoisotopic (exact) mass is 439 g/mol. The Morgan fingerprint density at radius 1 is 1.17 bits per heavy atom. The normalized spacial score (nSPS) is 10.9. The van der Waals surface area contributed by atoms with Crippen LogP contribution in [0.25, 0.3) is 22.6 Å². The zero-order chi connectivity index (χ0) is 21.1. The van der Waals surface area contributed by atoms with Crippen LogP contribution in [0.15, 0.2) is 59.1 Å². The lowest BCUT2D eigenvalue weighted by atomic mass is 10.1. The lowest BCUT2D eigenvalue weighted by molar-refractivity contribution is -0.113. The molecule has 2 aromatic carbocycles. The second kappa shape index (κ2) is 8.76. The Morgan fingerprint density at radius 2 is 1.97 bits per heavy atom. The molecule has 0 atom stereocenters. The number of nitrogens with zero attached hydrogens (tertiary/aromatic N) is 4. The topological polar surface area (TPSA) is 72.7 Å². The van der Waals surface area contributed by atoms with Gasteiger partial charge in [-0.05, 0) is 19.1 Å². The van der Waals surface area contributed by atoms with Crippen molar-refractivity contribution in [1.82, 2.24) is 19.7 Å². The zero-order valence-electron chi connectivity index (χ0n) is 16.3. The van der Waals surface area contributed by atoms with Gasteiger partial charge < -0.3 is 9.88 Å². The number of benzene rings is 2. The summed E-state index contributed by atoms with van der Waals surface area (Å²) in [6.45, 7) is 2.03. The van der Waals surface area contributed by atoms with Crippen LogP contribution >= 0.6 is 23.1 Å². The summed E-state index contributed by atoms with van der Waals surface area (Å²) < 4.78 is 15.2. The second-order valence-electron chi connectivity index (χ2n) is 6.62. The first-order valence-electron chi connectivity index (χ1n) is 9.10. The summed E-state index contributed by atoms with van der Waals surface area (Å²) in [5.74, 6) is 0.187. The SMILES string of the molecule is Cc1ccc(-c2csc(NC(=O)CSc3nnc(-c4cccc(F)c4)n3C)n2)cc1. The van der Waals surface area contributed by atoms with E-state index in [4.69, 9.17) is 0 Å². The van der Waals surface area contributed by atoms with Gasteiger partial charge >= 0.3 is 0 Å². The van der Waals surface area contributed by atoms with Gasteiger partial charge in [-0.3, -0.25) is 4.79 Å². The Bertz CT molecular complexity index is 1190. The molecular weight excluding hydrogens is 421 g/mol. The third-order valence-electron chi connectivity index (χ3n) is 4.35. The van der Waals surface area contributed by atoms with E-state index in [0.717, 1.165) is 11.3 Å². The fraction of sp³-hybridized carbons (Fsp3) is 0.143. The highest BCUT2D eigenvalue weighted by atomic mass is 32.2. The number of aromatic nitrogens is 4. The molecule has 0 saturated heterocycles. The van der Waals surface area contributed by atoms with Crippen molar-refractivity contribution in [2.45, 2.75) is 12.1 Å². The van der Waals surface area contributed by atoms with E-state index in [2.05, 4.69) is 20.5 Å². The van der Waals surface area contributed by atoms with E-state index in [-0.39, 0.29) is 17.5 Å². The number of rotatable bonds is 6. The first kappa shape index (κ1) is 20.2. The third-order valence-corrected chi connectivity index (χ3v) is 6.13. The van der Waals surface area contributed by atoms with Crippen molar-refractivity contribution < 1.29 is 9.18 Å². The summed E-state index contributed by atoms with van der Waals surface area (Å²) in [6, 6.07) is 14.3. The number of thioether (sulfide) groups is 1. The Balaban J connectivity index is 1.37. The van der Waals surface area contributed by atoms with Gasteiger partial charge in [0, 0.05) is 23.6 Å². The van der Waals surface area contributed by atoms with Crippen LogP contribution in [0.4, 0.5) is 9.52 Å². The van der Waals surface area contributed by atoms with E-state index in [1.165, 1.54) is 40.8 Å². The van der Waals surface area contributed by atoms with Gasteiger partial charge in [-0.15, -0.1) is 21.5 Å². The molecule has 0 aliphatic rings. The molecule has 0 spiro atoms. The summed E-state index contributed by atoms with van der Waals surface area (Å²) >= 11 is 2.64. The molecule has 1 amide bonds. The Morgan fingerprint density at radius 3 is 2.73 bits per heavy atom. The van der Waals surface area contributed by atoms with Gasteiger partial charge in [0.15, 0.2) is 16.1 Å². The Kier molecular flexibility index (Phi) is 5.91. The van der Waals surface area contributed by atoms with Gasteiger partial charge in [0.1, 0.15) is 5.82 Å². The van der Waals surface area contributed by atoms with Crippen molar-refractivity contribution in [2.75, 3.05) is 11.1 Å². The average Bonchev–Trinajstić information content (AvgIpc) is 3.34. The Labute approximate surface area is 181 Å². The minimum atomic E-state index is -0.336. The maximum atomic E-state index is 13.5. The molecule has 0 aliphatic carbocycles. The number of amides is 1. The zero-order valence-corrected chi connectivity index (χ0v) is 17.9. The molecule has 30 heavy (non-hydrogen) atoms. The number of carbonyl (C=O) groups is 1. The molecule has 6 nitrogen and oxygen atoms in total. The van der Waals surface area contributed by atoms with Crippen molar-refractivity contribution in [3.05, 3.63) is 65.3 Å². The number of carbonyl (C=O) groups excluding carboxylic acids is 1. The standard InChI is InChI=1S/C21H18FN5OS2/c1-13-6-8-14(9-7-13)17-11-29-20(23-17)24-18(28)12-30-21-26-25-19(27(21)2)15-4-3-5-16(22)10-15/h3-11H,12H2,1-2H3,(H,23,24,28). The van der Waals surface area contributed by atoms with Gasteiger partial charge in [0.25, 0.3) is 0 Å². The lowest BCUT2D eigenvalue weighted by Crippen LogP contribution is -2.14. The molecular formula is C21H18FN5OS2. The van der Waals surface area contributed by atoms with E-state index in [9.17, 15) is 9.18 Å². The highest BCUT2D eigenvalue weighted by molar-refractivity contribution is 7.99. The first-order chi connectivity index (χ1) is 14.5. The van der Waals surface area contributed by atoms with E-state index in [1.807, 2.05) is 36.6 Å². The molecule has 0 radical (unpaired) electrons. The lowest BCUT2D eigenvalue weighted by Gasteiger charge is -2.04. The van der Waals surface area contributed by atoms with Gasteiger partial charge in [-0.25, -0.2) is 9.37 Å². The Hall–Kier alpha value is -3.04. The van der Waals surface area contributed by atoms with Crippen molar-refractivity contribution >= 4 is 34.1 Å². The highest BCUT2D eigenvalue weighted by Gasteiger charge is 2.14. The van der Waals surface area contributed by atoms with Crippen LogP contribution in [-0.4, -0.2) is 31.4 Å². The van der Waals surface area contributed by atoms with Gasteiger partial charge in [0.05, 0.1) is 11.4 Å². The molecule has 0 aliphatic heterocycles.